The van der Waals surface area contributed by atoms with E-state index in [2.05, 4.69) is 38.2 Å². The molecule has 0 amide bonds. The van der Waals surface area contributed by atoms with Gasteiger partial charge in [-0.15, -0.1) is 0 Å². The third-order valence-corrected chi connectivity index (χ3v) is 9.96. The second kappa shape index (κ2) is 31.3. The van der Waals surface area contributed by atoms with Gasteiger partial charge in [-0.25, -0.2) is 0 Å². The summed E-state index contributed by atoms with van der Waals surface area (Å²) >= 11 is 0. The zero-order chi connectivity index (χ0) is 34.1. The number of hydrogen-bond acceptors (Lipinski definition) is 2. The molecule has 1 rings (SSSR count). The van der Waals surface area contributed by atoms with E-state index >= 15 is 0 Å². The molecule has 0 fully saturated rings. The van der Waals surface area contributed by atoms with Gasteiger partial charge in [0.1, 0.15) is 5.75 Å². The third-order valence-electron chi connectivity index (χ3n) is 9.96. The first-order valence-electron chi connectivity index (χ1n) is 20.4. The van der Waals surface area contributed by atoms with Gasteiger partial charge in [-0.3, -0.25) is 4.79 Å². The molecule has 0 aliphatic carbocycles. The fourth-order valence-electron chi connectivity index (χ4n) is 6.64. The Hall–Kier alpha value is -2.03. The van der Waals surface area contributed by atoms with Crippen LogP contribution in [-0.2, 0) is 10.2 Å². The molecule has 1 unspecified atom stereocenters. The molecule has 3 nitrogen and oxygen atoms in total. The van der Waals surface area contributed by atoms with Crippen LogP contribution in [0.3, 0.4) is 0 Å². The van der Waals surface area contributed by atoms with Gasteiger partial charge in [-0.05, 0) is 88.3 Å². The quantitative estimate of drug-likeness (QED) is 0.0595. The molecule has 0 aliphatic heterocycles. The van der Waals surface area contributed by atoms with Crippen molar-refractivity contribution in [3.8, 4) is 5.75 Å². The van der Waals surface area contributed by atoms with Crippen LogP contribution in [0.25, 0.3) is 0 Å². The maximum Gasteiger partial charge on any atom is 0.314 e. The van der Waals surface area contributed by atoms with Crippen molar-refractivity contribution in [3.63, 3.8) is 0 Å². The molecule has 1 aromatic carbocycles. The lowest BCUT2D eigenvalue weighted by Gasteiger charge is -2.29. The second-order valence-electron chi connectivity index (χ2n) is 14.0. The first-order valence-corrected chi connectivity index (χ1v) is 20.4. The van der Waals surface area contributed by atoms with Crippen LogP contribution >= 0.6 is 0 Å². The zero-order valence-corrected chi connectivity index (χ0v) is 31.4. The van der Waals surface area contributed by atoms with Crippen molar-refractivity contribution in [1.29, 1.82) is 0 Å². The molecule has 0 saturated carbocycles. The van der Waals surface area contributed by atoms with Crippen LogP contribution in [0.2, 0.25) is 0 Å². The van der Waals surface area contributed by atoms with E-state index in [-0.39, 0.29) is 0 Å². The molecular formula is C44H76O3. The summed E-state index contributed by atoms with van der Waals surface area (Å²) < 4.78 is 6.01. The molecule has 3 heteroatoms. The predicted molar refractivity (Wildman–Crippen MR) is 206 cm³/mol. The third kappa shape index (κ3) is 22.3. The number of rotatable bonds is 34. The Balaban J connectivity index is 2.17. The number of aliphatic carboxylic acids is 1. The number of unbranched alkanes of at least 4 members (excludes halogenated alkanes) is 22. The molecule has 0 radical (unpaired) electrons. The summed E-state index contributed by atoms with van der Waals surface area (Å²) in [7, 11) is 0. The summed E-state index contributed by atoms with van der Waals surface area (Å²) in [6.07, 6.45) is 44.0. The van der Waals surface area contributed by atoms with E-state index in [1.165, 1.54) is 141 Å². The molecule has 0 aliphatic rings. The van der Waals surface area contributed by atoms with Gasteiger partial charge in [0, 0.05) is 0 Å². The van der Waals surface area contributed by atoms with Gasteiger partial charge in [-0.1, -0.05) is 166 Å². The molecule has 1 N–H and O–H groups in total. The van der Waals surface area contributed by atoms with Gasteiger partial charge < -0.3 is 9.84 Å². The van der Waals surface area contributed by atoms with Crippen molar-refractivity contribution in [3.05, 3.63) is 54.1 Å². The summed E-state index contributed by atoms with van der Waals surface area (Å²) in [6, 6.07) is 7.92. The highest BCUT2D eigenvalue weighted by atomic mass is 16.5. The van der Waals surface area contributed by atoms with Gasteiger partial charge >= 0.3 is 5.97 Å². The summed E-state index contributed by atoms with van der Waals surface area (Å²) in [6.45, 7) is 7.29. The number of carboxylic acid groups (broad SMARTS) is 1. The number of ether oxygens (including phenoxy) is 1. The van der Waals surface area contributed by atoms with Crippen LogP contribution in [0, 0.1) is 0 Å². The number of allylic oxidation sites excluding steroid dienone is 4. The molecule has 270 valence electrons. The van der Waals surface area contributed by atoms with Crippen molar-refractivity contribution < 1.29 is 14.6 Å². The maximum absolute atomic E-state index is 12.5. The van der Waals surface area contributed by atoms with Crippen LogP contribution in [0.1, 0.15) is 206 Å². The minimum absolute atomic E-state index is 0.610. The lowest BCUT2D eigenvalue weighted by Crippen LogP contribution is -2.35. The average Bonchev–Trinajstić information content (AvgIpc) is 3.08. The maximum atomic E-state index is 12.5. The molecule has 47 heavy (non-hydrogen) atoms. The Morgan fingerprint density at radius 3 is 1.34 bits per heavy atom. The Bertz CT molecular complexity index is 886. The lowest BCUT2D eigenvalue weighted by molar-refractivity contribution is -0.144. The van der Waals surface area contributed by atoms with E-state index in [4.69, 9.17) is 4.74 Å². The van der Waals surface area contributed by atoms with E-state index < -0.39 is 11.4 Å². The average molecular weight is 653 g/mol. The number of carboxylic acids is 1. The van der Waals surface area contributed by atoms with E-state index in [0.29, 0.717) is 12.8 Å². The normalized spacial score (nSPS) is 13.1. The predicted octanol–water partition coefficient (Wildman–Crippen LogP) is 14.5. The van der Waals surface area contributed by atoms with Crippen LogP contribution in [0.15, 0.2) is 48.6 Å². The Labute approximate surface area is 292 Å². The molecule has 0 saturated heterocycles. The van der Waals surface area contributed by atoms with Crippen molar-refractivity contribution in [1.82, 2.24) is 0 Å². The van der Waals surface area contributed by atoms with Crippen molar-refractivity contribution in [2.45, 2.75) is 206 Å². The van der Waals surface area contributed by atoms with Gasteiger partial charge in [0.25, 0.3) is 0 Å². The summed E-state index contributed by atoms with van der Waals surface area (Å²) in [4.78, 5) is 12.5. The van der Waals surface area contributed by atoms with E-state index in [0.717, 1.165) is 43.6 Å². The zero-order valence-electron chi connectivity index (χ0n) is 31.4. The standard InChI is InChI=1S/C44H76O3/c1-4-7-9-11-13-15-17-19-21-22-24-26-28-30-32-34-40-47-42-37-35-41(36-38-42)44(6-3,43(45)46)39-33-31-29-27-25-23-20-18-16-14-12-10-8-5-2/h19-21,23,35-38H,4-18,22,24-34,39-40H2,1-3H3,(H,45,46). The molecule has 1 atom stereocenters. The van der Waals surface area contributed by atoms with Gasteiger partial charge in [0.15, 0.2) is 0 Å². The van der Waals surface area contributed by atoms with E-state index in [1.54, 1.807) is 0 Å². The van der Waals surface area contributed by atoms with Gasteiger partial charge in [0.2, 0.25) is 0 Å². The number of hydrogen-bond donors (Lipinski definition) is 1. The van der Waals surface area contributed by atoms with E-state index in [9.17, 15) is 9.90 Å². The van der Waals surface area contributed by atoms with Crippen LogP contribution in [0.5, 0.6) is 5.75 Å². The van der Waals surface area contributed by atoms with Crippen molar-refractivity contribution in [2.75, 3.05) is 6.61 Å². The fourth-order valence-corrected chi connectivity index (χ4v) is 6.64. The molecule has 0 heterocycles. The van der Waals surface area contributed by atoms with Crippen LogP contribution in [-0.4, -0.2) is 17.7 Å². The van der Waals surface area contributed by atoms with Crippen LogP contribution in [0.4, 0.5) is 0 Å². The highest BCUT2D eigenvalue weighted by Gasteiger charge is 2.38. The van der Waals surface area contributed by atoms with Crippen LogP contribution < -0.4 is 4.74 Å². The summed E-state index contributed by atoms with van der Waals surface area (Å²) in [5, 5.41) is 10.3. The Kier molecular flexibility index (Phi) is 28.6. The first-order chi connectivity index (χ1) is 23.1. The largest absolute Gasteiger partial charge is 0.494 e. The van der Waals surface area contributed by atoms with E-state index in [1.807, 2.05) is 31.2 Å². The van der Waals surface area contributed by atoms with Gasteiger partial charge in [0.05, 0.1) is 12.0 Å². The highest BCUT2D eigenvalue weighted by molar-refractivity contribution is 5.81. The van der Waals surface area contributed by atoms with Crippen molar-refractivity contribution in [2.24, 2.45) is 0 Å². The molecular weight excluding hydrogens is 576 g/mol. The Morgan fingerprint density at radius 1 is 0.553 bits per heavy atom. The monoisotopic (exact) mass is 653 g/mol. The molecule has 0 bridgehead atoms. The molecule has 0 spiro atoms. The number of carbonyl (C=O) groups is 1. The fraction of sp³-hybridized carbons (Fsp3) is 0.750. The smallest absolute Gasteiger partial charge is 0.314 e. The summed E-state index contributed by atoms with van der Waals surface area (Å²) in [5.41, 5.74) is 0.105. The number of benzene rings is 1. The SMILES string of the molecule is CCCCCCCCC=CCCCCCCCCOc1ccc(C(CC)(CCCCCCC=CCCCCCCCC)C(=O)O)cc1. The van der Waals surface area contributed by atoms with Crippen molar-refractivity contribution >= 4 is 5.97 Å². The Morgan fingerprint density at radius 2 is 0.936 bits per heavy atom. The summed E-state index contributed by atoms with van der Waals surface area (Å²) in [5.74, 6) is 0.150. The molecule has 0 aromatic heterocycles. The lowest BCUT2D eigenvalue weighted by atomic mass is 9.74. The molecule has 1 aromatic rings. The minimum Gasteiger partial charge on any atom is -0.494 e. The minimum atomic E-state index is -0.806. The van der Waals surface area contributed by atoms with Gasteiger partial charge in [-0.2, -0.15) is 0 Å². The highest BCUT2D eigenvalue weighted by Crippen LogP contribution is 2.35. The first kappa shape index (κ1) is 43.0. The second-order valence-corrected chi connectivity index (χ2v) is 14.0. The topological polar surface area (TPSA) is 46.5 Å².